The summed E-state index contributed by atoms with van der Waals surface area (Å²) in [6, 6.07) is 9.09. The summed E-state index contributed by atoms with van der Waals surface area (Å²) in [5, 5.41) is 3.88. The molecule has 3 rings (SSSR count). The van der Waals surface area contributed by atoms with Gasteiger partial charge in [0.05, 0.1) is 0 Å². The summed E-state index contributed by atoms with van der Waals surface area (Å²) >= 11 is 0. The van der Waals surface area contributed by atoms with Gasteiger partial charge >= 0.3 is 6.18 Å². The largest absolute Gasteiger partial charge is 0.415 e. The van der Waals surface area contributed by atoms with Crippen LogP contribution in [0.25, 0.3) is 0 Å². The molecular weight excluding hydrogens is 307 g/mol. The normalized spacial score (nSPS) is 21.7. The van der Waals surface area contributed by atoms with Crippen molar-refractivity contribution in [2.24, 2.45) is 7.05 Å². The van der Waals surface area contributed by atoms with E-state index in [1.165, 1.54) is 29.1 Å². The highest BCUT2D eigenvalue weighted by molar-refractivity contribution is 5.93. The Morgan fingerprint density at radius 1 is 1.22 bits per heavy atom. The summed E-state index contributed by atoms with van der Waals surface area (Å²) in [4.78, 5) is 13.7. The van der Waals surface area contributed by atoms with E-state index in [0.29, 0.717) is 6.42 Å². The number of halogens is 3. The van der Waals surface area contributed by atoms with Crippen LogP contribution in [0.15, 0.2) is 42.6 Å². The molecule has 1 aliphatic rings. The molecule has 1 aliphatic heterocycles. The van der Waals surface area contributed by atoms with Gasteiger partial charge in [0.15, 0.2) is 5.54 Å². The lowest BCUT2D eigenvalue weighted by Crippen LogP contribution is -2.55. The van der Waals surface area contributed by atoms with Gasteiger partial charge in [-0.25, -0.2) is 0 Å². The first-order valence-corrected chi connectivity index (χ1v) is 7.30. The molecule has 0 N–H and O–H groups in total. The SMILES string of the molecule is Cn1nccc1C(=O)N1CCC[C@@]1(c1ccccc1)C(F)(F)F. The number of hydrogen-bond donors (Lipinski definition) is 0. The molecule has 2 aromatic rings. The van der Waals surface area contributed by atoms with Crippen molar-refractivity contribution in [2.45, 2.75) is 24.6 Å². The second-order valence-electron chi connectivity index (χ2n) is 5.62. The number of amides is 1. The van der Waals surface area contributed by atoms with E-state index in [0.717, 1.165) is 4.90 Å². The van der Waals surface area contributed by atoms with Gasteiger partial charge in [0.1, 0.15) is 5.69 Å². The second-order valence-corrected chi connectivity index (χ2v) is 5.62. The van der Waals surface area contributed by atoms with Gasteiger partial charge in [-0.3, -0.25) is 9.48 Å². The van der Waals surface area contributed by atoms with Gasteiger partial charge in [0.2, 0.25) is 0 Å². The Labute approximate surface area is 131 Å². The van der Waals surface area contributed by atoms with Crippen LogP contribution < -0.4 is 0 Å². The fourth-order valence-corrected chi connectivity index (χ4v) is 3.29. The van der Waals surface area contributed by atoms with Crippen molar-refractivity contribution in [3.05, 3.63) is 53.9 Å². The first kappa shape index (κ1) is 15.6. The van der Waals surface area contributed by atoms with Gasteiger partial charge in [0, 0.05) is 19.8 Å². The average molecular weight is 323 g/mol. The number of carbonyl (C=O) groups is 1. The zero-order chi connectivity index (χ0) is 16.7. The van der Waals surface area contributed by atoms with E-state index in [1.54, 1.807) is 25.2 Å². The third kappa shape index (κ3) is 2.31. The minimum atomic E-state index is -4.56. The van der Waals surface area contributed by atoms with Crippen molar-refractivity contribution in [3.8, 4) is 0 Å². The van der Waals surface area contributed by atoms with E-state index in [-0.39, 0.29) is 24.2 Å². The Hall–Kier alpha value is -2.31. The van der Waals surface area contributed by atoms with Gasteiger partial charge in [0.25, 0.3) is 5.91 Å². The lowest BCUT2D eigenvalue weighted by Gasteiger charge is -2.40. The molecular formula is C16H16F3N3O. The molecule has 1 aromatic carbocycles. The minimum absolute atomic E-state index is 0.0679. The Morgan fingerprint density at radius 3 is 2.48 bits per heavy atom. The molecule has 122 valence electrons. The first-order valence-electron chi connectivity index (χ1n) is 7.30. The summed E-state index contributed by atoms with van der Waals surface area (Å²) in [5.74, 6) is -0.649. The number of hydrogen-bond acceptors (Lipinski definition) is 2. The highest BCUT2D eigenvalue weighted by Crippen LogP contribution is 2.51. The molecule has 1 fully saturated rings. The number of rotatable bonds is 2. The quantitative estimate of drug-likeness (QED) is 0.852. The zero-order valence-electron chi connectivity index (χ0n) is 12.5. The molecule has 0 bridgehead atoms. The third-order valence-electron chi connectivity index (χ3n) is 4.39. The highest BCUT2D eigenvalue weighted by Gasteiger charge is 2.63. The molecule has 7 heteroatoms. The molecule has 1 atom stereocenters. The average Bonchev–Trinajstić information content (AvgIpc) is 3.13. The number of benzene rings is 1. The van der Waals surface area contributed by atoms with Crippen LogP contribution in [0.5, 0.6) is 0 Å². The van der Waals surface area contributed by atoms with Crippen LogP contribution in [-0.2, 0) is 12.6 Å². The number of nitrogens with zero attached hydrogens (tertiary/aromatic N) is 3. The smallest absolute Gasteiger partial charge is 0.319 e. The topological polar surface area (TPSA) is 38.1 Å². The number of alkyl halides is 3. The number of aromatic nitrogens is 2. The highest BCUT2D eigenvalue weighted by atomic mass is 19.4. The van der Waals surface area contributed by atoms with Crippen molar-refractivity contribution in [1.29, 1.82) is 0 Å². The van der Waals surface area contributed by atoms with Gasteiger partial charge < -0.3 is 4.90 Å². The summed E-state index contributed by atoms with van der Waals surface area (Å²) in [6.45, 7) is 0.0679. The molecule has 0 unspecified atom stereocenters. The predicted molar refractivity (Wildman–Crippen MR) is 77.7 cm³/mol. The molecule has 0 spiro atoms. The summed E-state index contributed by atoms with van der Waals surface area (Å²) < 4.78 is 43.4. The maximum absolute atomic E-state index is 14.0. The van der Waals surface area contributed by atoms with Crippen LogP contribution in [0.2, 0.25) is 0 Å². The van der Waals surface area contributed by atoms with Crippen molar-refractivity contribution in [3.63, 3.8) is 0 Å². The first-order chi connectivity index (χ1) is 10.9. The zero-order valence-corrected chi connectivity index (χ0v) is 12.5. The number of likely N-dealkylation sites (tertiary alicyclic amines) is 1. The Bertz CT molecular complexity index is 711. The van der Waals surface area contributed by atoms with Crippen molar-refractivity contribution in [1.82, 2.24) is 14.7 Å². The molecule has 1 saturated heterocycles. The minimum Gasteiger partial charge on any atom is -0.319 e. The molecule has 0 saturated carbocycles. The van der Waals surface area contributed by atoms with Gasteiger partial charge in [-0.1, -0.05) is 30.3 Å². The summed E-state index contributed by atoms with van der Waals surface area (Å²) in [5.41, 5.74) is -2.03. The molecule has 1 amide bonds. The van der Waals surface area contributed by atoms with E-state index >= 15 is 0 Å². The molecule has 23 heavy (non-hydrogen) atoms. The lowest BCUT2D eigenvalue weighted by molar-refractivity contribution is -0.220. The van der Waals surface area contributed by atoms with Crippen molar-refractivity contribution >= 4 is 5.91 Å². The van der Waals surface area contributed by atoms with E-state index in [1.807, 2.05) is 0 Å². The molecule has 0 radical (unpaired) electrons. The van der Waals surface area contributed by atoms with E-state index in [9.17, 15) is 18.0 Å². The van der Waals surface area contributed by atoms with Crippen LogP contribution in [0.3, 0.4) is 0 Å². The van der Waals surface area contributed by atoms with Crippen molar-refractivity contribution in [2.75, 3.05) is 6.54 Å². The van der Waals surface area contributed by atoms with E-state index in [2.05, 4.69) is 5.10 Å². The second kappa shape index (κ2) is 5.40. The number of carbonyl (C=O) groups excluding carboxylic acids is 1. The summed E-state index contributed by atoms with van der Waals surface area (Å²) in [6.07, 6.45) is -2.98. The standard InChI is InChI=1S/C16H16F3N3O/c1-21-13(8-10-20-21)14(23)22-11-5-9-15(22,16(17,18)19)12-6-3-2-4-7-12/h2-4,6-8,10H,5,9,11H2,1H3/t15-/m1/s1. The Balaban J connectivity index is 2.12. The third-order valence-corrected chi connectivity index (χ3v) is 4.39. The lowest BCUT2D eigenvalue weighted by atomic mass is 9.86. The fourth-order valence-electron chi connectivity index (χ4n) is 3.29. The van der Waals surface area contributed by atoms with Gasteiger partial charge in [-0.2, -0.15) is 18.3 Å². The summed E-state index contributed by atoms with van der Waals surface area (Å²) in [7, 11) is 1.54. The maximum atomic E-state index is 14.0. The maximum Gasteiger partial charge on any atom is 0.415 e. The molecule has 4 nitrogen and oxygen atoms in total. The van der Waals surface area contributed by atoms with Crippen molar-refractivity contribution < 1.29 is 18.0 Å². The predicted octanol–water partition coefficient (Wildman–Crippen LogP) is 3.11. The van der Waals surface area contributed by atoms with Crippen LogP contribution >= 0.6 is 0 Å². The van der Waals surface area contributed by atoms with Crippen LogP contribution in [0.1, 0.15) is 28.9 Å². The molecule has 1 aromatic heterocycles. The van der Waals surface area contributed by atoms with Gasteiger partial charge in [-0.15, -0.1) is 0 Å². The molecule has 0 aliphatic carbocycles. The van der Waals surface area contributed by atoms with E-state index < -0.39 is 17.6 Å². The fraction of sp³-hybridized carbons (Fsp3) is 0.375. The van der Waals surface area contributed by atoms with Crippen LogP contribution in [-0.4, -0.2) is 33.3 Å². The Morgan fingerprint density at radius 2 is 1.91 bits per heavy atom. The number of aryl methyl sites for hydroxylation is 1. The Kier molecular flexibility index (Phi) is 3.66. The van der Waals surface area contributed by atoms with Crippen LogP contribution in [0, 0.1) is 0 Å². The van der Waals surface area contributed by atoms with Crippen LogP contribution in [0.4, 0.5) is 13.2 Å². The monoisotopic (exact) mass is 323 g/mol. The van der Waals surface area contributed by atoms with E-state index in [4.69, 9.17) is 0 Å². The molecule has 2 heterocycles. The van der Waals surface area contributed by atoms with Gasteiger partial charge in [-0.05, 0) is 24.5 Å².